The number of phenols is 1. The molecule has 2 aromatic rings. The SMILES string of the molecule is COCCn1cccc1C(=O)Nc1ccc(O)cc1F. The van der Waals surface area contributed by atoms with E-state index in [4.69, 9.17) is 9.84 Å². The van der Waals surface area contributed by atoms with E-state index in [9.17, 15) is 9.18 Å². The molecule has 0 aliphatic carbocycles. The fourth-order valence-corrected chi connectivity index (χ4v) is 1.80. The van der Waals surface area contributed by atoms with Crippen molar-refractivity contribution >= 4 is 11.6 Å². The Balaban J connectivity index is 2.14. The van der Waals surface area contributed by atoms with Crippen molar-refractivity contribution in [2.24, 2.45) is 0 Å². The third kappa shape index (κ3) is 3.16. The molecule has 6 heteroatoms. The quantitative estimate of drug-likeness (QED) is 0.824. The number of phenolic OH excluding ortho intramolecular Hbond substituents is 1. The van der Waals surface area contributed by atoms with Crippen molar-refractivity contribution in [1.82, 2.24) is 4.57 Å². The van der Waals surface area contributed by atoms with Crippen molar-refractivity contribution in [3.8, 4) is 5.75 Å². The second-order valence-electron chi connectivity index (χ2n) is 4.20. The highest BCUT2D eigenvalue weighted by atomic mass is 19.1. The average molecular weight is 278 g/mol. The fraction of sp³-hybridized carbons (Fsp3) is 0.214. The van der Waals surface area contributed by atoms with Crippen LogP contribution in [0.5, 0.6) is 5.75 Å². The van der Waals surface area contributed by atoms with Crippen LogP contribution in [0.15, 0.2) is 36.5 Å². The number of carbonyl (C=O) groups is 1. The average Bonchev–Trinajstić information content (AvgIpc) is 2.88. The minimum absolute atomic E-state index is 0.0206. The van der Waals surface area contributed by atoms with Crippen LogP contribution in [0, 0.1) is 5.82 Å². The van der Waals surface area contributed by atoms with E-state index < -0.39 is 11.7 Å². The number of nitrogens with one attached hydrogen (secondary N) is 1. The van der Waals surface area contributed by atoms with Crippen molar-refractivity contribution in [2.75, 3.05) is 19.0 Å². The van der Waals surface area contributed by atoms with Crippen LogP contribution in [0.25, 0.3) is 0 Å². The number of benzene rings is 1. The smallest absolute Gasteiger partial charge is 0.272 e. The third-order valence-corrected chi connectivity index (χ3v) is 2.80. The zero-order valence-corrected chi connectivity index (χ0v) is 11.0. The molecule has 1 amide bonds. The van der Waals surface area contributed by atoms with E-state index in [0.717, 1.165) is 6.07 Å². The van der Waals surface area contributed by atoms with Crippen LogP contribution in [-0.2, 0) is 11.3 Å². The van der Waals surface area contributed by atoms with Crippen LogP contribution < -0.4 is 5.32 Å². The summed E-state index contributed by atoms with van der Waals surface area (Å²) in [7, 11) is 1.58. The standard InChI is InChI=1S/C14H15FN2O3/c1-20-8-7-17-6-2-3-13(17)14(19)16-12-5-4-10(18)9-11(12)15/h2-6,9,18H,7-8H2,1H3,(H,16,19). The molecule has 5 nitrogen and oxygen atoms in total. The minimum atomic E-state index is -0.687. The number of anilines is 1. The molecule has 0 spiro atoms. The van der Waals surface area contributed by atoms with E-state index in [1.165, 1.54) is 12.1 Å². The summed E-state index contributed by atoms with van der Waals surface area (Å²) < 4.78 is 20.2. The molecule has 106 valence electrons. The van der Waals surface area contributed by atoms with E-state index >= 15 is 0 Å². The predicted octanol–water partition coefficient (Wildman–Crippen LogP) is 2.23. The van der Waals surface area contributed by atoms with Gasteiger partial charge >= 0.3 is 0 Å². The summed E-state index contributed by atoms with van der Waals surface area (Å²) in [5.41, 5.74) is 0.432. The minimum Gasteiger partial charge on any atom is -0.508 e. The topological polar surface area (TPSA) is 63.5 Å². The summed E-state index contributed by atoms with van der Waals surface area (Å²) in [5, 5.41) is 11.6. The van der Waals surface area contributed by atoms with Gasteiger partial charge in [-0.05, 0) is 24.3 Å². The first-order chi connectivity index (χ1) is 9.61. The lowest BCUT2D eigenvalue weighted by molar-refractivity contribution is 0.101. The van der Waals surface area contributed by atoms with Gasteiger partial charge in [0, 0.05) is 25.9 Å². The molecule has 1 aromatic carbocycles. The van der Waals surface area contributed by atoms with Crippen LogP contribution in [0.2, 0.25) is 0 Å². The van der Waals surface area contributed by atoms with Crippen LogP contribution in [0.3, 0.4) is 0 Å². The Morgan fingerprint density at radius 3 is 2.95 bits per heavy atom. The molecule has 2 N–H and O–H groups in total. The van der Waals surface area contributed by atoms with Gasteiger partial charge in [0.05, 0.1) is 12.3 Å². The molecule has 0 unspecified atom stereocenters. The second-order valence-corrected chi connectivity index (χ2v) is 4.20. The van der Waals surface area contributed by atoms with Gasteiger partial charge < -0.3 is 19.7 Å². The van der Waals surface area contributed by atoms with Gasteiger partial charge in [0.1, 0.15) is 17.3 Å². The zero-order valence-electron chi connectivity index (χ0n) is 11.0. The Labute approximate surface area is 115 Å². The number of aromatic nitrogens is 1. The lowest BCUT2D eigenvalue weighted by atomic mass is 10.2. The molecule has 0 atom stereocenters. The number of halogens is 1. The lowest BCUT2D eigenvalue weighted by Gasteiger charge is -2.10. The summed E-state index contributed by atoms with van der Waals surface area (Å²) in [6.07, 6.45) is 1.75. The van der Waals surface area contributed by atoms with Crippen molar-refractivity contribution < 1.29 is 19.0 Å². The molecule has 0 bridgehead atoms. The number of hydrogen-bond acceptors (Lipinski definition) is 3. The molecule has 0 radical (unpaired) electrons. The molecule has 1 heterocycles. The highest BCUT2D eigenvalue weighted by molar-refractivity contribution is 6.03. The first kappa shape index (κ1) is 14.1. The largest absolute Gasteiger partial charge is 0.508 e. The molecular formula is C14H15FN2O3. The van der Waals surface area contributed by atoms with Crippen LogP contribution in [0.4, 0.5) is 10.1 Å². The number of carbonyl (C=O) groups excluding carboxylic acids is 1. The molecule has 0 saturated carbocycles. The van der Waals surface area contributed by atoms with Crippen LogP contribution >= 0.6 is 0 Å². The summed E-state index contributed by atoms with van der Waals surface area (Å²) in [5.74, 6) is -1.30. The summed E-state index contributed by atoms with van der Waals surface area (Å²) in [6.45, 7) is 1.01. The number of rotatable bonds is 5. The van der Waals surface area contributed by atoms with E-state index in [1.807, 2.05) is 0 Å². The Hall–Kier alpha value is -2.34. The van der Waals surface area contributed by atoms with Crippen LogP contribution in [-0.4, -0.2) is 29.3 Å². The fourth-order valence-electron chi connectivity index (χ4n) is 1.80. The van der Waals surface area contributed by atoms with Crippen LogP contribution in [0.1, 0.15) is 10.5 Å². The number of aromatic hydroxyl groups is 1. The van der Waals surface area contributed by atoms with Gasteiger partial charge in [0.15, 0.2) is 0 Å². The predicted molar refractivity (Wildman–Crippen MR) is 72.3 cm³/mol. The van der Waals surface area contributed by atoms with Gasteiger partial charge in [-0.2, -0.15) is 0 Å². The Morgan fingerprint density at radius 1 is 1.45 bits per heavy atom. The van der Waals surface area contributed by atoms with Gasteiger partial charge in [0.25, 0.3) is 5.91 Å². The van der Waals surface area contributed by atoms with Crippen molar-refractivity contribution in [3.05, 3.63) is 48.0 Å². The van der Waals surface area contributed by atoms with E-state index in [2.05, 4.69) is 5.32 Å². The molecular weight excluding hydrogens is 263 g/mol. The van der Waals surface area contributed by atoms with E-state index in [-0.39, 0.29) is 11.4 Å². The van der Waals surface area contributed by atoms with E-state index in [1.54, 1.807) is 30.0 Å². The Kier molecular flexibility index (Phi) is 4.37. The van der Waals surface area contributed by atoms with Crippen molar-refractivity contribution in [2.45, 2.75) is 6.54 Å². The normalized spacial score (nSPS) is 10.5. The number of methoxy groups -OCH3 is 1. The maximum absolute atomic E-state index is 13.6. The highest BCUT2D eigenvalue weighted by Gasteiger charge is 2.13. The molecule has 2 rings (SSSR count). The summed E-state index contributed by atoms with van der Waals surface area (Å²) >= 11 is 0. The molecule has 0 aliphatic heterocycles. The third-order valence-electron chi connectivity index (χ3n) is 2.80. The van der Waals surface area contributed by atoms with Gasteiger partial charge in [-0.1, -0.05) is 0 Å². The van der Waals surface area contributed by atoms with Crippen molar-refractivity contribution in [3.63, 3.8) is 0 Å². The second kappa shape index (κ2) is 6.21. The molecule has 0 fully saturated rings. The van der Waals surface area contributed by atoms with Crippen molar-refractivity contribution in [1.29, 1.82) is 0 Å². The number of ether oxygens (including phenoxy) is 1. The molecule has 1 aromatic heterocycles. The van der Waals surface area contributed by atoms with Gasteiger partial charge in [-0.15, -0.1) is 0 Å². The Morgan fingerprint density at radius 2 is 2.25 bits per heavy atom. The monoisotopic (exact) mass is 278 g/mol. The number of hydrogen-bond donors (Lipinski definition) is 2. The first-order valence-corrected chi connectivity index (χ1v) is 6.06. The van der Waals surface area contributed by atoms with E-state index in [0.29, 0.717) is 18.8 Å². The molecule has 0 saturated heterocycles. The maximum atomic E-state index is 13.6. The molecule has 20 heavy (non-hydrogen) atoms. The number of nitrogens with zero attached hydrogens (tertiary/aromatic N) is 1. The zero-order chi connectivity index (χ0) is 14.5. The summed E-state index contributed by atoms with van der Waals surface area (Å²) in [6, 6.07) is 6.94. The Bertz CT molecular complexity index is 610. The lowest BCUT2D eigenvalue weighted by Crippen LogP contribution is -2.18. The number of amides is 1. The first-order valence-electron chi connectivity index (χ1n) is 6.06. The van der Waals surface area contributed by atoms with Gasteiger partial charge in [0.2, 0.25) is 0 Å². The highest BCUT2D eigenvalue weighted by Crippen LogP contribution is 2.20. The maximum Gasteiger partial charge on any atom is 0.272 e. The van der Waals surface area contributed by atoms with Gasteiger partial charge in [-0.3, -0.25) is 4.79 Å². The molecule has 0 aliphatic rings. The van der Waals surface area contributed by atoms with Gasteiger partial charge in [-0.25, -0.2) is 4.39 Å². The summed E-state index contributed by atoms with van der Waals surface area (Å²) in [4.78, 5) is 12.1.